The molecule has 4 aromatic rings. The molecule has 0 bridgehead atoms. The van der Waals surface area contributed by atoms with Gasteiger partial charge in [0.05, 0.1) is 41.5 Å². The molecular weight excluding hydrogens is 376 g/mol. The number of fused-ring (bicyclic) bond motifs is 1. The normalized spacial score (nSPS) is 11.0. The topological polar surface area (TPSA) is 91.8 Å². The van der Waals surface area contributed by atoms with Gasteiger partial charge in [-0.1, -0.05) is 48.5 Å². The van der Waals surface area contributed by atoms with E-state index in [0.717, 1.165) is 16.8 Å². The van der Waals surface area contributed by atoms with E-state index in [1.165, 1.54) is 0 Å². The molecule has 146 valence electrons. The number of benzene rings is 2. The average molecular weight is 394 g/mol. The first-order chi connectivity index (χ1) is 14.7. The molecule has 0 aliphatic rings. The molecule has 0 atom stereocenters. The second kappa shape index (κ2) is 8.41. The van der Waals surface area contributed by atoms with Gasteiger partial charge in [-0.3, -0.25) is 4.68 Å². The van der Waals surface area contributed by atoms with Crippen molar-refractivity contribution in [3.63, 3.8) is 0 Å². The van der Waals surface area contributed by atoms with Crippen molar-refractivity contribution in [1.29, 1.82) is 5.26 Å². The Hall–Kier alpha value is -4.24. The van der Waals surface area contributed by atoms with Gasteiger partial charge in [0.1, 0.15) is 0 Å². The van der Waals surface area contributed by atoms with Gasteiger partial charge in [0.25, 0.3) is 0 Å². The first-order valence-electron chi connectivity index (χ1n) is 9.46. The lowest BCUT2D eigenvalue weighted by Crippen LogP contribution is -2.00. The molecule has 0 aliphatic heterocycles. The Kier molecular flexibility index (Phi) is 5.35. The highest BCUT2D eigenvalue weighted by molar-refractivity contribution is 6.03. The van der Waals surface area contributed by atoms with Crippen molar-refractivity contribution in [3.8, 4) is 17.3 Å². The maximum absolute atomic E-state index is 11.7. The highest BCUT2D eigenvalue weighted by Gasteiger charge is 2.12. The standard InChI is InChI=1S/C24H18N4O2/c25-13-6-14-28-16-18(23(27-28)17-7-2-1-3-8-17)11-12-19-15-21(24(29)30)20-9-4-5-10-22(20)26-19/h1-5,7-12,15-16H,6,14H2,(H,29,30)/b12-11+. The molecule has 4 rings (SSSR count). The fourth-order valence-electron chi connectivity index (χ4n) is 3.29. The number of para-hydroxylation sites is 1. The highest BCUT2D eigenvalue weighted by atomic mass is 16.4. The zero-order valence-corrected chi connectivity index (χ0v) is 16.1. The van der Waals surface area contributed by atoms with Gasteiger partial charge < -0.3 is 5.11 Å². The van der Waals surface area contributed by atoms with Crippen molar-refractivity contribution in [2.75, 3.05) is 0 Å². The fraction of sp³-hybridized carbons (Fsp3) is 0.0833. The molecule has 0 spiro atoms. The Morgan fingerprint density at radius 1 is 1.10 bits per heavy atom. The predicted octanol–water partition coefficient (Wildman–Crippen LogP) is 4.88. The second-order valence-electron chi connectivity index (χ2n) is 6.72. The zero-order valence-electron chi connectivity index (χ0n) is 16.1. The summed E-state index contributed by atoms with van der Waals surface area (Å²) in [6, 6.07) is 20.7. The Morgan fingerprint density at radius 2 is 1.87 bits per heavy atom. The number of aromatic nitrogens is 3. The number of nitrogens with zero attached hydrogens (tertiary/aromatic N) is 4. The fourth-order valence-corrected chi connectivity index (χ4v) is 3.29. The number of rotatable bonds is 6. The number of carboxylic acid groups (broad SMARTS) is 1. The third kappa shape index (κ3) is 3.96. The van der Waals surface area contributed by atoms with Gasteiger partial charge in [-0.05, 0) is 24.3 Å². The largest absolute Gasteiger partial charge is 0.478 e. The Morgan fingerprint density at radius 3 is 2.63 bits per heavy atom. The summed E-state index contributed by atoms with van der Waals surface area (Å²) in [6.45, 7) is 0.502. The van der Waals surface area contributed by atoms with Crippen LogP contribution in [0.1, 0.15) is 28.0 Å². The molecule has 30 heavy (non-hydrogen) atoms. The van der Waals surface area contributed by atoms with Crippen molar-refractivity contribution in [2.24, 2.45) is 0 Å². The minimum Gasteiger partial charge on any atom is -0.478 e. The minimum atomic E-state index is -0.988. The number of carbonyl (C=O) groups is 1. The van der Waals surface area contributed by atoms with E-state index in [2.05, 4.69) is 16.2 Å². The Balaban J connectivity index is 1.76. The van der Waals surface area contributed by atoms with Gasteiger partial charge in [0.2, 0.25) is 0 Å². The molecule has 6 nitrogen and oxygen atoms in total. The monoisotopic (exact) mass is 394 g/mol. The summed E-state index contributed by atoms with van der Waals surface area (Å²) in [7, 11) is 0. The summed E-state index contributed by atoms with van der Waals surface area (Å²) >= 11 is 0. The number of hydrogen-bond acceptors (Lipinski definition) is 4. The lowest BCUT2D eigenvalue weighted by Gasteiger charge is -2.04. The number of aryl methyl sites for hydroxylation is 1. The number of pyridine rings is 1. The molecule has 2 aromatic carbocycles. The van der Waals surface area contributed by atoms with Crippen LogP contribution in [0.25, 0.3) is 34.3 Å². The number of hydrogen-bond donors (Lipinski definition) is 1. The lowest BCUT2D eigenvalue weighted by atomic mass is 10.1. The molecule has 0 amide bonds. The van der Waals surface area contributed by atoms with E-state index in [9.17, 15) is 9.90 Å². The predicted molar refractivity (Wildman–Crippen MR) is 116 cm³/mol. The summed E-state index contributed by atoms with van der Waals surface area (Å²) in [5.41, 5.74) is 4.02. The maximum Gasteiger partial charge on any atom is 0.336 e. The molecule has 2 aromatic heterocycles. The summed E-state index contributed by atoms with van der Waals surface area (Å²) in [5.74, 6) is -0.988. The van der Waals surface area contributed by atoms with Crippen LogP contribution >= 0.6 is 0 Å². The van der Waals surface area contributed by atoms with E-state index in [1.807, 2.05) is 48.7 Å². The van der Waals surface area contributed by atoms with E-state index in [-0.39, 0.29) is 5.56 Å². The summed E-state index contributed by atoms with van der Waals surface area (Å²) < 4.78 is 1.75. The molecule has 0 fully saturated rings. The van der Waals surface area contributed by atoms with E-state index < -0.39 is 5.97 Å². The van der Waals surface area contributed by atoms with Crippen LogP contribution in [0.2, 0.25) is 0 Å². The molecule has 0 saturated heterocycles. The van der Waals surface area contributed by atoms with Crippen LogP contribution < -0.4 is 0 Å². The van der Waals surface area contributed by atoms with Gasteiger partial charge in [-0.15, -0.1) is 0 Å². The molecule has 0 saturated carbocycles. The minimum absolute atomic E-state index is 0.216. The smallest absolute Gasteiger partial charge is 0.336 e. The van der Waals surface area contributed by atoms with Crippen molar-refractivity contribution < 1.29 is 9.90 Å². The van der Waals surface area contributed by atoms with Crippen LogP contribution in [0.3, 0.4) is 0 Å². The van der Waals surface area contributed by atoms with Crippen LogP contribution in [0.4, 0.5) is 0 Å². The third-order valence-electron chi connectivity index (χ3n) is 4.69. The van der Waals surface area contributed by atoms with E-state index in [1.54, 1.807) is 35.0 Å². The third-order valence-corrected chi connectivity index (χ3v) is 4.69. The first kappa shape index (κ1) is 19.1. The zero-order chi connectivity index (χ0) is 20.9. The van der Waals surface area contributed by atoms with Crippen LogP contribution in [0, 0.1) is 11.3 Å². The van der Waals surface area contributed by atoms with Crippen LogP contribution in [-0.2, 0) is 6.54 Å². The van der Waals surface area contributed by atoms with Gasteiger partial charge >= 0.3 is 5.97 Å². The number of aromatic carboxylic acids is 1. The van der Waals surface area contributed by atoms with E-state index in [0.29, 0.717) is 29.6 Å². The Bertz CT molecular complexity index is 1280. The highest BCUT2D eigenvalue weighted by Crippen LogP contribution is 2.25. The van der Waals surface area contributed by atoms with Gasteiger partial charge in [0.15, 0.2) is 0 Å². The molecular formula is C24H18N4O2. The summed E-state index contributed by atoms with van der Waals surface area (Å²) in [5, 5.41) is 23.7. The van der Waals surface area contributed by atoms with Crippen LogP contribution in [0.15, 0.2) is 66.9 Å². The van der Waals surface area contributed by atoms with Crippen molar-refractivity contribution in [2.45, 2.75) is 13.0 Å². The van der Waals surface area contributed by atoms with Crippen molar-refractivity contribution in [3.05, 3.63) is 83.7 Å². The molecule has 0 unspecified atom stereocenters. The molecule has 1 N–H and O–H groups in total. The summed E-state index contributed by atoms with van der Waals surface area (Å²) in [6.07, 6.45) is 5.92. The quantitative estimate of drug-likeness (QED) is 0.503. The van der Waals surface area contributed by atoms with Crippen molar-refractivity contribution >= 4 is 29.0 Å². The molecule has 2 heterocycles. The second-order valence-corrected chi connectivity index (χ2v) is 6.72. The van der Waals surface area contributed by atoms with Gasteiger partial charge in [0, 0.05) is 22.7 Å². The Labute approximate surface area is 173 Å². The SMILES string of the molecule is N#CCCn1cc(/C=C/c2cc(C(=O)O)c3ccccc3n2)c(-c2ccccc2)n1. The summed E-state index contributed by atoms with van der Waals surface area (Å²) in [4.78, 5) is 16.3. The van der Waals surface area contributed by atoms with E-state index in [4.69, 9.17) is 5.26 Å². The first-order valence-corrected chi connectivity index (χ1v) is 9.46. The molecule has 0 radical (unpaired) electrons. The number of nitriles is 1. The van der Waals surface area contributed by atoms with Gasteiger partial charge in [-0.25, -0.2) is 9.78 Å². The maximum atomic E-state index is 11.7. The van der Waals surface area contributed by atoms with Crippen LogP contribution in [0.5, 0.6) is 0 Å². The van der Waals surface area contributed by atoms with E-state index >= 15 is 0 Å². The number of carboxylic acids is 1. The molecule has 0 aliphatic carbocycles. The average Bonchev–Trinajstić information content (AvgIpc) is 3.19. The molecule has 6 heteroatoms. The van der Waals surface area contributed by atoms with Crippen molar-refractivity contribution in [1.82, 2.24) is 14.8 Å². The van der Waals surface area contributed by atoms with Crippen LogP contribution in [-0.4, -0.2) is 25.8 Å². The lowest BCUT2D eigenvalue weighted by molar-refractivity contribution is 0.0699. The van der Waals surface area contributed by atoms with Gasteiger partial charge in [-0.2, -0.15) is 10.4 Å².